The second-order valence-corrected chi connectivity index (χ2v) is 2.76. The maximum Gasteiger partial charge on any atom is 0.290 e. The van der Waals surface area contributed by atoms with Gasteiger partial charge in [-0.05, 0) is 6.42 Å². The first-order valence-corrected chi connectivity index (χ1v) is 4.26. The molecule has 0 atom stereocenters. The van der Waals surface area contributed by atoms with Crippen LogP contribution in [0.4, 0.5) is 5.82 Å². The first-order valence-electron chi connectivity index (χ1n) is 4.26. The minimum absolute atomic E-state index is 0.261. The van der Waals surface area contributed by atoms with Gasteiger partial charge in [-0.1, -0.05) is 0 Å². The molecule has 4 N–H and O–H groups in total. The SMILES string of the molecule is NC(=O)CCCNc1ncc[nH]c1=O. The van der Waals surface area contributed by atoms with Crippen LogP contribution in [0.5, 0.6) is 0 Å². The zero-order valence-corrected chi connectivity index (χ0v) is 7.62. The van der Waals surface area contributed by atoms with Crippen molar-refractivity contribution in [2.24, 2.45) is 5.73 Å². The summed E-state index contributed by atoms with van der Waals surface area (Å²) in [5, 5.41) is 2.81. The van der Waals surface area contributed by atoms with Gasteiger partial charge in [0.25, 0.3) is 5.56 Å². The largest absolute Gasteiger partial charge is 0.370 e. The van der Waals surface area contributed by atoms with Crippen molar-refractivity contribution in [3.05, 3.63) is 22.7 Å². The van der Waals surface area contributed by atoms with Crippen LogP contribution < -0.4 is 16.6 Å². The topological polar surface area (TPSA) is 101 Å². The highest BCUT2D eigenvalue weighted by Crippen LogP contribution is 1.92. The Morgan fingerprint density at radius 3 is 3.07 bits per heavy atom. The Kier molecular flexibility index (Phi) is 3.66. The van der Waals surface area contributed by atoms with Crippen LogP contribution in [0.2, 0.25) is 0 Å². The lowest BCUT2D eigenvalue weighted by molar-refractivity contribution is -0.118. The molecule has 0 fully saturated rings. The maximum atomic E-state index is 11.1. The number of anilines is 1. The summed E-state index contributed by atoms with van der Waals surface area (Å²) in [7, 11) is 0. The highest BCUT2D eigenvalue weighted by molar-refractivity contribution is 5.73. The molecular weight excluding hydrogens is 184 g/mol. The number of amides is 1. The van der Waals surface area contributed by atoms with Crippen molar-refractivity contribution in [3.8, 4) is 0 Å². The second-order valence-electron chi connectivity index (χ2n) is 2.76. The van der Waals surface area contributed by atoms with Gasteiger partial charge in [-0.3, -0.25) is 9.59 Å². The van der Waals surface area contributed by atoms with Crippen LogP contribution in [0.1, 0.15) is 12.8 Å². The van der Waals surface area contributed by atoms with Crippen molar-refractivity contribution in [1.82, 2.24) is 9.97 Å². The molecule has 14 heavy (non-hydrogen) atoms. The Balaban J connectivity index is 2.35. The van der Waals surface area contributed by atoms with Gasteiger partial charge < -0.3 is 16.0 Å². The fourth-order valence-corrected chi connectivity index (χ4v) is 0.947. The molecule has 0 spiro atoms. The number of carbonyl (C=O) groups is 1. The van der Waals surface area contributed by atoms with E-state index in [-0.39, 0.29) is 17.3 Å². The van der Waals surface area contributed by atoms with Crippen LogP contribution in [0, 0.1) is 0 Å². The predicted molar refractivity (Wildman–Crippen MR) is 51.8 cm³/mol. The molecule has 1 amide bonds. The number of aromatic amines is 1. The van der Waals surface area contributed by atoms with Gasteiger partial charge in [0.15, 0.2) is 5.82 Å². The highest BCUT2D eigenvalue weighted by Gasteiger charge is 1.98. The summed E-state index contributed by atoms with van der Waals surface area (Å²) in [5.41, 5.74) is 4.68. The van der Waals surface area contributed by atoms with Crippen LogP contribution >= 0.6 is 0 Å². The van der Waals surface area contributed by atoms with E-state index in [0.29, 0.717) is 19.4 Å². The average molecular weight is 196 g/mol. The fraction of sp³-hybridized carbons (Fsp3) is 0.375. The van der Waals surface area contributed by atoms with Gasteiger partial charge >= 0.3 is 0 Å². The first kappa shape index (κ1) is 10.2. The molecule has 0 aliphatic carbocycles. The lowest BCUT2D eigenvalue weighted by Crippen LogP contribution is -2.17. The Labute approximate surface area is 80.5 Å². The number of aromatic nitrogens is 2. The van der Waals surface area contributed by atoms with E-state index < -0.39 is 0 Å². The quantitative estimate of drug-likeness (QED) is 0.550. The number of nitrogens with zero attached hydrogens (tertiary/aromatic N) is 1. The summed E-state index contributed by atoms with van der Waals surface area (Å²) >= 11 is 0. The summed E-state index contributed by atoms with van der Waals surface area (Å²) < 4.78 is 0. The van der Waals surface area contributed by atoms with Crippen LogP contribution in [0.25, 0.3) is 0 Å². The highest BCUT2D eigenvalue weighted by atomic mass is 16.1. The Morgan fingerprint density at radius 1 is 1.64 bits per heavy atom. The molecule has 0 aliphatic heterocycles. The van der Waals surface area contributed by atoms with E-state index in [1.807, 2.05) is 0 Å². The lowest BCUT2D eigenvalue weighted by Gasteiger charge is -2.01. The molecule has 0 radical (unpaired) electrons. The third-order valence-electron chi connectivity index (χ3n) is 1.60. The van der Waals surface area contributed by atoms with Crippen molar-refractivity contribution < 1.29 is 4.79 Å². The zero-order valence-electron chi connectivity index (χ0n) is 7.62. The number of H-pyrrole nitrogens is 1. The average Bonchev–Trinajstić information content (AvgIpc) is 2.15. The fourth-order valence-electron chi connectivity index (χ4n) is 0.947. The number of primary amides is 1. The monoisotopic (exact) mass is 196 g/mol. The van der Waals surface area contributed by atoms with Crippen LogP contribution in [0.15, 0.2) is 17.2 Å². The van der Waals surface area contributed by atoms with E-state index in [1.54, 1.807) is 0 Å². The molecule has 1 aromatic rings. The van der Waals surface area contributed by atoms with Crippen molar-refractivity contribution in [2.75, 3.05) is 11.9 Å². The summed E-state index contributed by atoms with van der Waals surface area (Å²) in [6.07, 6.45) is 3.83. The van der Waals surface area contributed by atoms with Crippen LogP contribution in [-0.2, 0) is 4.79 Å². The second kappa shape index (κ2) is 5.00. The van der Waals surface area contributed by atoms with Gasteiger partial charge in [0.05, 0.1) is 0 Å². The molecule has 6 heteroatoms. The van der Waals surface area contributed by atoms with Crippen molar-refractivity contribution >= 4 is 11.7 Å². The van der Waals surface area contributed by atoms with Crippen molar-refractivity contribution in [2.45, 2.75) is 12.8 Å². The first-order chi connectivity index (χ1) is 6.70. The molecule has 1 rings (SSSR count). The molecular formula is C8H12N4O2. The molecule has 76 valence electrons. The van der Waals surface area contributed by atoms with Gasteiger partial charge in [-0.15, -0.1) is 0 Å². The summed E-state index contributed by atoms with van der Waals surface area (Å²) in [4.78, 5) is 27.8. The number of nitrogens with two attached hydrogens (primary N) is 1. The maximum absolute atomic E-state index is 11.1. The number of rotatable bonds is 5. The normalized spacial score (nSPS) is 9.71. The van der Waals surface area contributed by atoms with Gasteiger partial charge in [-0.25, -0.2) is 4.98 Å². The predicted octanol–water partition coefficient (Wildman–Crippen LogP) is -0.553. The Morgan fingerprint density at radius 2 is 2.43 bits per heavy atom. The number of nitrogens with one attached hydrogen (secondary N) is 2. The third kappa shape index (κ3) is 3.26. The molecule has 0 aromatic carbocycles. The minimum Gasteiger partial charge on any atom is -0.370 e. The molecule has 0 saturated carbocycles. The molecule has 1 aromatic heterocycles. The van der Waals surface area contributed by atoms with Gasteiger partial charge in [0.1, 0.15) is 0 Å². The van der Waals surface area contributed by atoms with Gasteiger partial charge in [0.2, 0.25) is 5.91 Å². The van der Waals surface area contributed by atoms with E-state index in [1.165, 1.54) is 12.4 Å². The van der Waals surface area contributed by atoms with Gasteiger partial charge in [-0.2, -0.15) is 0 Å². The number of carbonyl (C=O) groups excluding carboxylic acids is 1. The van der Waals surface area contributed by atoms with E-state index in [4.69, 9.17) is 5.73 Å². The molecule has 0 unspecified atom stereocenters. The van der Waals surface area contributed by atoms with E-state index in [0.717, 1.165) is 0 Å². The van der Waals surface area contributed by atoms with Crippen molar-refractivity contribution in [1.29, 1.82) is 0 Å². The summed E-state index contributed by atoms with van der Waals surface area (Å²) in [6, 6.07) is 0. The molecule has 0 bridgehead atoms. The summed E-state index contributed by atoms with van der Waals surface area (Å²) in [5.74, 6) is -0.0845. The summed E-state index contributed by atoms with van der Waals surface area (Å²) in [6.45, 7) is 0.503. The zero-order chi connectivity index (χ0) is 10.4. The van der Waals surface area contributed by atoms with E-state index in [9.17, 15) is 9.59 Å². The smallest absolute Gasteiger partial charge is 0.290 e. The molecule has 0 saturated heterocycles. The van der Waals surface area contributed by atoms with E-state index >= 15 is 0 Å². The molecule has 6 nitrogen and oxygen atoms in total. The Bertz CT molecular complexity index is 360. The lowest BCUT2D eigenvalue weighted by atomic mass is 10.3. The Hall–Kier alpha value is -1.85. The third-order valence-corrected chi connectivity index (χ3v) is 1.60. The minimum atomic E-state index is -0.346. The number of hydrogen-bond acceptors (Lipinski definition) is 4. The van der Waals surface area contributed by atoms with Crippen LogP contribution in [-0.4, -0.2) is 22.4 Å². The number of hydrogen-bond donors (Lipinski definition) is 3. The standard InChI is InChI=1S/C8H12N4O2/c9-6(13)2-1-3-10-7-8(14)12-5-4-11-7/h4-5H,1-3H2,(H2,9,13)(H,10,11)(H,12,14). The van der Waals surface area contributed by atoms with Crippen LogP contribution in [0.3, 0.4) is 0 Å². The van der Waals surface area contributed by atoms with Gasteiger partial charge in [0, 0.05) is 25.4 Å². The molecule has 0 aliphatic rings. The van der Waals surface area contributed by atoms with Crippen molar-refractivity contribution in [3.63, 3.8) is 0 Å². The van der Waals surface area contributed by atoms with E-state index in [2.05, 4.69) is 15.3 Å². The molecule has 1 heterocycles.